The van der Waals surface area contributed by atoms with Crippen LogP contribution in [-0.2, 0) is 14.9 Å². The van der Waals surface area contributed by atoms with E-state index < -0.39 is 22.2 Å². The van der Waals surface area contributed by atoms with E-state index in [0.29, 0.717) is 16.6 Å². The van der Waals surface area contributed by atoms with E-state index in [4.69, 9.17) is 9.94 Å². The number of aromatic nitrogens is 2. The van der Waals surface area contributed by atoms with Gasteiger partial charge in [-0.2, -0.15) is 4.31 Å². The fraction of sp³-hybridized carbons (Fsp3) is 0.368. The standard InChI is InChI=1S/C19H22N6O6S2/c1-4-5-13-12-24(33(29,30)14-6-7-16(20-10-14)22-19(27)28)8-9-25(13)18-21-11-15(32-18)17(26)23(2)31-3/h6-7,10-11,13H,8-9,12H2,1-3H3,(H,20,22)(H,27,28)/t13-/m0/s1. The molecule has 0 radical (unpaired) electrons. The maximum atomic E-state index is 13.1. The van der Waals surface area contributed by atoms with Gasteiger partial charge >= 0.3 is 6.09 Å². The number of carboxylic acid groups (broad SMARTS) is 1. The predicted molar refractivity (Wildman–Crippen MR) is 120 cm³/mol. The molecular formula is C19H22N6O6S2. The first-order valence-corrected chi connectivity index (χ1v) is 11.9. The first-order valence-electron chi connectivity index (χ1n) is 9.60. The quantitative estimate of drug-likeness (QED) is 0.446. The van der Waals surface area contributed by atoms with Crippen LogP contribution in [0.15, 0.2) is 29.4 Å². The smallest absolute Gasteiger partial charge is 0.410 e. The number of nitrogens with zero attached hydrogens (tertiary/aromatic N) is 5. The van der Waals surface area contributed by atoms with E-state index in [1.165, 1.54) is 48.1 Å². The van der Waals surface area contributed by atoms with Crippen LogP contribution in [0.4, 0.5) is 15.7 Å². The Kier molecular flexibility index (Phi) is 7.49. The number of carbonyl (C=O) groups excluding carboxylic acids is 1. The van der Waals surface area contributed by atoms with E-state index in [-0.39, 0.29) is 29.7 Å². The van der Waals surface area contributed by atoms with Gasteiger partial charge in [-0.3, -0.25) is 14.9 Å². The summed E-state index contributed by atoms with van der Waals surface area (Å²) >= 11 is 1.18. The third kappa shape index (κ3) is 5.40. The average molecular weight is 495 g/mol. The summed E-state index contributed by atoms with van der Waals surface area (Å²) in [6.07, 6.45) is 1.27. The number of carbonyl (C=O) groups is 2. The summed E-state index contributed by atoms with van der Waals surface area (Å²) in [7, 11) is -0.997. The zero-order valence-corrected chi connectivity index (χ0v) is 19.7. The third-order valence-corrected chi connectivity index (χ3v) is 7.64. The average Bonchev–Trinajstić information content (AvgIpc) is 3.28. The summed E-state index contributed by atoms with van der Waals surface area (Å²) in [5, 5.41) is 12.5. The molecule has 14 heteroatoms. The van der Waals surface area contributed by atoms with E-state index in [0.717, 1.165) is 11.3 Å². The highest BCUT2D eigenvalue weighted by Gasteiger charge is 2.35. The van der Waals surface area contributed by atoms with Gasteiger partial charge in [0.2, 0.25) is 10.0 Å². The zero-order chi connectivity index (χ0) is 24.2. The Balaban J connectivity index is 1.79. The number of rotatable bonds is 6. The molecule has 0 aliphatic carbocycles. The lowest BCUT2D eigenvalue weighted by Gasteiger charge is -2.38. The largest absolute Gasteiger partial charge is 0.465 e. The monoisotopic (exact) mass is 494 g/mol. The van der Waals surface area contributed by atoms with Gasteiger partial charge in [0.1, 0.15) is 21.6 Å². The van der Waals surface area contributed by atoms with Crippen molar-refractivity contribution in [2.45, 2.75) is 17.9 Å². The van der Waals surface area contributed by atoms with Crippen molar-refractivity contribution in [3.63, 3.8) is 0 Å². The highest BCUT2D eigenvalue weighted by molar-refractivity contribution is 7.89. The molecule has 12 nitrogen and oxygen atoms in total. The fourth-order valence-corrected chi connectivity index (χ4v) is 5.44. The number of amides is 2. The number of thiazole rings is 1. The molecule has 2 N–H and O–H groups in total. The Morgan fingerprint density at radius 1 is 1.30 bits per heavy atom. The molecule has 1 aliphatic rings. The molecule has 1 saturated heterocycles. The van der Waals surface area contributed by atoms with Crippen molar-refractivity contribution >= 4 is 44.3 Å². The molecule has 1 atom stereocenters. The second-order valence-electron chi connectivity index (χ2n) is 6.77. The number of hydrogen-bond donors (Lipinski definition) is 2. The SMILES string of the molecule is CC#C[C@H]1CN(S(=O)(=O)c2ccc(NC(=O)O)nc2)CCN1c1ncc(C(=O)N(C)OC)s1. The molecule has 33 heavy (non-hydrogen) atoms. The van der Waals surface area contributed by atoms with Crippen LogP contribution < -0.4 is 10.2 Å². The molecule has 0 bridgehead atoms. The van der Waals surface area contributed by atoms with Gasteiger partial charge in [-0.25, -0.2) is 28.2 Å². The maximum Gasteiger partial charge on any atom is 0.410 e. The highest BCUT2D eigenvalue weighted by atomic mass is 32.2. The van der Waals surface area contributed by atoms with Crippen LogP contribution >= 0.6 is 11.3 Å². The zero-order valence-electron chi connectivity index (χ0n) is 18.0. The Bertz CT molecular complexity index is 1190. The highest BCUT2D eigenvalue weighted by Crippen LogP contribution is 2.29. The molecule has 3 rings (SSSR count). The number of sulfonamides is 1. The van der Waals surface area contributed by atoms with Crippen LogP contribution in [0.1, 0.15) is 16.6 Å². The van der Waals surface area contributed by atoms with Gasteiger partial charge in [0, 0.05) is 32.9 Å². The van der Waals surface area contributed by atoms with Crippen molar-refractivity contribution in [3.05, 3.63) is 29.4 Å². The normalized spacial score (nSPS) is 16.6. The lowest BCUT2D eigenvalue weighted by Crippen LogP contribution is -2.54. The number of hydrogen-bond acceptors (Lipinski definition) is 9. The van der Waals surface area contributed by atoms with E-state index >= 15 is 0 Å². The molecule has 2 aromatic rings. The van der Waals surface area contributed by atoms with Crippen LogP contribution in [0.2, 0.25) is 0 Å². The number of hydroxylamine groups is 2. The van der Waals surface area contributed by atoms with Crippen molar-refractivity contribution < 1.29 is 28.0 Å². The molecule has 2 amide bonds. The van der Waals surface area contributed by atoms with E-state index in [9.17, 15) is 18.0 Å². The van der Waals surface area contributed by atoms with Crippen molar-refractivity contribution in [2.75, 3.05) is 44.0 Å². The lowest BCUT2D eigenvalue weighted by molar-refractivity contribution is -0.0754. The van der Waals surface area contributed by atoms with E-state index in [1.807, 2.05) is 4.90 Å². The molecule has 0 saturated carbocycles. The molecule has 176 valence electrons. The van der Waals surface area contributed by atoms with Crippen LogP contribution in [-0.4, -0.2) is 84.7 Å². The van der Waals surface area contributed by atoms with Crippen molar-refractivity contribution in [3.8, 4) is 11.8 Å². The molecule has 1 aliphatic heterocycles. The predicted octanol–water partition coefficient (Wildman–Crippen LogP) is 1.16. The summed E-state index contributed by atoms with van der Waals surface area (Å²) < 4.78 is 27.5. The van der Waals surface area contributed by atoms with Gasteiger partial charge in [0.25, 0.3) is 5.91 Å². The molecule has 0 unspecified atom stereocenters. The second-order valence-corrected chi connectivity index (χ2v) is 9.72. The van der Waals surface area contributed by atoms with Gasteiger partial charge < -0.3 is 10.0 Å². The fourth-order valence-electron chi connectivity index (χ4n) is 3.10. The number of anilines is 2. The molecule has 0 aromatic carbocycles. The number of nitrogens with one attached hydrogen (secondary N) is 1. The van der Waals surface area contributed by atoms with Gasteiger partial charge in [-0.05, 0) is 19.1 Å². The Hall–Kier alpha value is -3.25. The molecule has 3 heterocycles. The Morgan fingerprint density at radius 2 is 2.06 bits per heavy atom. The Morgan fingerprint density at radius 3 is 2.67 bits per heavy atom. The van der Waals surface area contributed by atoms with Gasteiger partial charge in [0.15, 0.2) is 5.13 Å². The van der Waals surface area contributed by atoms with Gasteiger partial charge in [0.05, 0.1) is 13.3 Å². The van der Waals surface area contributed by atoms with E-state index in [1.54, 1.807) is 6.92 Å². The number of pyridine rings is 1. The van der Waals surface area contributed by atoms with Crippen molar-refractivity contribution in [1.82, 2.24) is 19.3 Å². The van der Waals surface area contributed by atoms with E-state index in [2.05, 4.69) is 27.1 Å². The third-order valence-electron chi connectivity index (χ3n) is 4.77. The Labute approximate surface area is 194 Å². The van der Waals surface area contributed by atoms with Crippen LogP contribution in [0.3, 0.4) is 0 Å². The van der Waals surface area contributed by atoms with Gasteiger partial charge in [-0.1, -0.05) is 17.3 Å². The van der Waals surface area contributed by atoms with Crippen molar-refractivity contribution in [1.29, 1.82) is 0 Å². The minimum atomic E-state index is -3.88. The first kappa shape index (κ1) is 24.4. The molecule has 0 spiro atoms. The molecular weight excluding hydrogens is 472 g/mol. The number of piperazine rings is 1. The van der Waals surface area contributed by atoms with Crippen LogP contribution in [0, 0.1) is 11.8 Å². The molecule has 2 aromatic heterocycles. The second kappa shape index (κ2) is 10.1. The van der Waals surface area contributed by atoms with Crippen molar-refractivity contribution in [2.24, 2.45) is 0 Å². The van der Waals surface area contributed by atoms with Gasteiger partial charge in [-0.15, -0.1) is 5.92 Å². The topological polar surface area (TPSA) is 145 Å². The maximum absolute atomic E-state index is 13.1. The molecule has 1 fully saturated rings. The minimum Gasteiger partial charge on any atom is -0.465 e. The summed E-state index contributed by atoms with van der Waals surface area (Å²) in [4.78, 5) is 38.3. The summed E-state index contributed by atoms with van der Waals surface area (Å²) in [6, 6.07) is 2.10. The summed E-state index contributed by atoms with van der Waals surface area (Å²) in [5.41, 5.74) is 0. The minimum absolute atomic E-state index is 0.0224. The van der Waals surface area contributed by atoms with Crippen LogP contribution in [0.5, 0.6) is 0 Å². The summed E-state index contributed by atoms with van der Waals surface area (Å²) in [5.74, 6) is 5.52. The van der Waals surface area contributed by atoms with Crippen LogP contribution in [0.25, 0.3) is 0 Å². The lowest BCUT2D eigenvalue weighted by atomic mass is 10.2. The first-order chi connectivity index (χ1) is 15.7. The summed E-state index contributed by atoms with van der Waals surface area (Å²) in [6.45, 7) is 2.22.